The number of hydroxylamine groups is 1. The molecule has 0 spiro atoms. The molecule has 6 nitrogen and oxygen atoms in total. The quantitative estimate of drug-likeness (QED) is 0.284. The third kappa shape index (κ3) is 3.69. The van der Waals surface area contributed by atoms with Gasteiger partial charge >= 0.3 is 0 Å². The van der Waals surface area contributed by atoms with E-state index >= 15 is 0 Å². The number of rotatable bonds is 4. The number of halogens is 2. The van der Waals surface area contributed by atoms with Gasteiger partial charge in [-0.3, -0.25) is 14.4 Å². The summed E-state index contributed by atoms with van der Waals surface area (Å²) in [6.07, 6.45) is -0.975. The molecule has 2 amide bonds. The summed E-state index contributed by atoms with van der Waals surface area (Å²) in [5, 5.41) is 2.56. The summed E-state index contributed by atoms with van der Waals surface area (Å²) < 4.78 is 6.24. The highest BCUT2D eigenvalue weighted by atomic mass is 35.5. The Bertz CT molecular complexity index is 1470. The number of para-hydroxylation sites is 1. The van der Waals surface area contributed by atoms with Crippen LogP contribution >= 0.6 is 23.2 Å². The number of benzene rings is 3. The average molecular weight is 519 g/mol. The summed E-state index contributed by atoms with van der Waals surface area (Å²) in [6, 6.07) is 24.7. The number of carbonyl (C=O) groups is 2. The highest BCUT2D eigenvalue weighted by molar-refractivity contribution is 6.36. The molecule has 2 aliphatic rings. The first-order chi connectivity index (χ1) is 17.4. The molecule has 6 rings (SSSR count). The van der Waals surface area contributed by atoms with Gasteiger partial charge in [0.05, 0.1) is 16.4 Å². The van der Waals surface area contributed by atoms with Crippen LogP contribution in [0.25, 0.3) is 11.3 Å². The van der Waals surface area contributed by atoms with Gasteiger partial charge in [0, 0.05) is 10.6 Å². The second-order valence-electron chi connectivity index (χ2n) is 8.83. The lowest BCUT2D eigenvalue weighted by Gasteiger charge is -2.27. The van der Waals surface area contributed by atoms with E-state index in [0.29, 0.717) is 38.5 Å². The number of aryl methyl sites for hydroxylation is 1. The normalized spacial score (nSPS) is 21.4. The summed E-state index contributed by atoms with van der Waals surface area (Å²) in [7, 11) is 0. The monoisotopic (exact) mass is 518 g/mol. The summed E-state index contributed by atoms with van der Waals surface area (Å²) in [5.74, 6) is -0.516. The molecule has 2 saturated heterocycles. The molecule has 4 aromatic rings. The molecular weight excluding hydrogens is 499 g/mol. The number of fused-ring (bicyclic) bond motifs is 1. The van der Waals surface area contributed by atoms with E-state index in [2.05, 4.69) is 0 Å². The number of imide groups is 1. The van der Waals surface area contributed by atoms with E-state index in [1.54, 1.807) is 47.5 Å². The van der Waals surface area contributed by atoms with Gasteiger partial charge in [-0.05, 0) is 61.5 Å². The predicted molar refractivity (Wildman–Crippen MR) is 138 cm³/mol. The van der Waals surface area contributed by atoms with Crippen molar-refractivity contribution >= 4 is 46.4 Å². The zero-order valence-corrected chi connectivity index (χ0v) is 20.6. The van der Waals surface area contributed by atoms with Crippen molar-refractivity contribution in [1.82, 2.24) is 0 Å². The Balaban J connectivity index is 1.42. The van der Waals surface area contributed by atoms with Crippen molar-refractivity contribution < 1.29 is 18.8 Å². The van der Waals surface area contributed by atoms with E-state index in [0.717, 1.165) is 5.56 Å². The number of hydrogen-bond donors (Lipinski definition) is 0. The van der Waals surface area contributed by atoms with Crippen LogP contribution in [0.1, 0.15) is 17.4 Å². The molecule has 0 saturated carbocycles. The van der Waals surface area contributed by atoms with Crippen LogP contribution in [-0.4, -0.2) is 17.9 Å². The van der Waals surface area contributed by atoms with Crippen molar-refractivity contribution in [2.45, 2.75) is 19.1 Å². The van der Waals surface area contributed by atoms with Crippen LogP contribution < -0.4 is 9.96 Å². The first-order valence-corrected chi connectivity index (χ1v) is 12.2. The predicted octanol–water partition coefficient (Wildman–Crippen LogP) is 6.61. The first-order valence-electron chi connectivity index (χ1n) is 11.4. The number of amides is 2. The zero-order valence-electron chi connectivity index (χ0n) is 19.1. The molecule has 180 valence electrons. The third-order valence-corrected chi connectivity index (χ3v) is 7.08. The summed E-state index contributed by atoms with van der Waals surface area (Å²) in [5.41, 5.74) is 2.93. The molecule has 0 unspecified atom stereocenters. The van der Waals surface area contributed by atoms with Crippen molar-refractivity contribution in [3.8, 4) is 11.3 Å². The Labute approximate surface area is 217 Å². The molecule has 1 aromatic heterocycles. The second kappa shape index (κ2) is 8.82. The van der Waals surface area contributed by atoms with E-state index in [-0.39, 0.29) is 5.91 Å². The fourth-order valence-electron chi connectivity index (χ4n) is 4.80. The molecule has 2 fully saturated rings. The first kappa shape index (κ1) is 22.9. The van der Waals surface area contributed by atoms with Gasteiger partial charge in [-0.15, -0.1) is 0 Å². The molecule has 3 atom stereocenters. The average Bonchev–Trinajstić information content (AvgIpc) is 3.56. The molecule has 3 heterocycles. The molecule has 0 aliphatic carbocycles. The maximum atomic E-state index is 13.7. The van der Waals surface area contributed by atoms with E-state index in [1.165, 1.54) is 4.90 Å². The summed E-state index contributed by atoms with van der Waals surface area (Å²) >= 11 is 12.5. The minimum absolute atomic E-state index is 0.334. The van der Waals surface area contributed by atoms with Crippen LogP contribution in [0.15, 0.2) is 89.3 Å². The molecule has 0 radical (unpaired) electrons. The lowest BCUT2D eigenvalue weighted by molar-refractivity contribution is -0.126. The van der Waals surface area contributed by atoms with Crippen LogP contribution in [0.2, 0.25) is 10.0 Å². The van der Waals surface area contributed by atoms with Crippen LogP contribution in [0, 0.1) is 12.8 Å². The van der Waals surface area contributed by atoms with E-state index < -0.39 is 24.0 Å². The van der Waals surface area contributed by atoms with Crippen molar-refractivity contribution in [3.05, 3.63) is 106 Å². The standard InChI is InChI=1S/C28H20Cl2N2O4/c1-16-7-10-18(11-8-16)31-27(33)24-25(32(36-26(24)28(31)34)19-5-3-2-4-6-19)23-14-13-22(35-23)20-12-9-17(29)15-21(20)30/h2-15,24-26H,1H3/t24-,25+,26+/m0/s1. The largest absolute Gasteiger partial charge is 0.459 e. The Morgan fingerprint density at radius 2 is 1.56 bits per heavy atom. The lowest BCUT2D eigenvalue weighted by Crippen LogP contribution is -2.37. The van der Waals surface area contributed by atoms with E-state index in [1.807, 2.05) is 49.4 Å². The van der Waals surface area contributed by atoms with Crippen molar-refractivity contribution in [1.29, 1.82) is 0 Å². The Morgan fingerprint density at radius 1 is 0.806 bits per heavy atom. The fraction of sp³-hybridized carbons (Fsp3) is 0.143. The van der Waals surface area contributed by atoms with Gasteiger partial charge in [-0.1, -0.05) is 59.1 Å². The topological polar surface area (TPSA) is 63.0 Å². The Kier molecular flexibility index (Phi) is 5.60. The van der Waals surface area contributed by atoms with Gasteiger partial charge in [0.1, 0.15) is 23.5 Å². The second-order valence-corrected chi connectivity index (χ2v) is 9.68. The number of hydrogen-bond acceptors (Lipinski definition) is 5. The van der Waals surface area contributed by atoms with Gasteiger partial charge in [0.25, 0.3) is 5.91 Å². The van der Waals surface area contributed by atoms with Gasteiger partial charge in [0.15, 0.2) is 6.10 Å². The maximum absolute atomic E-state index is 13.7. The fourth-order valence-corrected chi connectivity index (χ4v) is 5.30. The van der Waals surface area contributed by atoms with Crippen LogP contribution in [-0.2, 0) is 14.4 Å². The number of nitrogens with zero attached hydrogens (tertiary/aromatic N) is 2. The Hall–Kier alpha value is -3.58. The van der Waals surface area contributed by atoms with Crippen LogP contribution in [0.4, 0.5) is 11.4 Å². The highest BCUT2D eigenvalue weighted by Crippen LogP contribution is 2.48. The van der Waals surface area contributed by atoms with Gasteiger partial charge in [-0.2, -0.15) is 0 Å². The van der Waals surface area contributed by atoms with Crippen molar-refractivity contribution in [2.24, 2.45) is 5.92 Å². The maximum Gasteiger partial charge on any atom is 0.266 e. The number of furan rings is 1. The van der Waals surface area contributed by atoms with Gasteiger partial charge in [-0.25, -0.2) is 9.96 Å². The van der Waals surface area contributed by atoms with Crippen molar-refractivity contribution in [3.63, 3.8) is 0 Å². The minimum Gasteiger partial charge on any atom is -0.459 e. The molecule has 3 aromatic carbocycles. The van der Waals surface area contributed by atoms with Crippen LogP contribution in [0.5, 0.6) is 0 Å². The third-order valence-electron chi connectivity index (χ3n) is 6.53. The molecule has 0 bridgehead atoms. The highest BCUT2D eigenvalue weighted by Gasteiger charge is 2.61. The van der Waals surface area contributed by atoms with Gasteiger partial charge < -0.3 is 4.42 Å². The van der Waals surface area contributed by atoms with Crippen LogP contribution in [0.3, 0.4) is 0 Å². The van der Waals surface area contributed by atoms with Crippen molar-refractivity contribution in [2.75, 3.05) is 9.96 Å². The summed E-state index contributed by atoms with van der Waals surface area (Å²) in [6.45, 7) is 1.95. The zero-order chi connectivity index (χ0) is 25.0. The van der Waals surface area contributed by atoms with E-state index in [4.69, 9.17) is 32.5 Å². The molecule has 36 heavy (non-hydrogen) atoms. The number of anilines is 2. The smallest absolute Gasteiger partial charge is 0.266 e. The SMILES string of the molecule is Cc1ccc(N2C(=O)[C@H]3[C@@H](c4ccc(-c5ccc(Cl)cc5Cl)o4)N(c4ccccc4)O[C@H]3C2=O)cc1. The minimum atomic E-state index is -0.975. The molecule has 0 N–H and O–H groups in total. The molecular formula is C28H20Cl2N2O4. The van der Waals surface area contributed by atoms with Gasteiger partial charge in [0.2, 0.25) is 5.91 Å². The Morgan fingerprint density at radius 3 is 2.28 bits per heavy atom. The lowest BCUT2D eigenvalue weighted by atomic mass is 9.94. The summed E-state index contributed by atoms with van der Waals surface area (Å²) in [4.78, 5) is 34.5. The molecule has 8 heteroatoms. The molecule has 2 aliphatic heterocycles. The van der Waals surface area contributed by atoms with E-state index in [9.17, 15) is 9.59 Å². The number of carbonyl (C=O) groups excluding carboxylic acids is 2.